The van der Waals surface area contributed by atoms with Crippen molar-refractivity contribution in [2.24, 2.45) is 0 Å². The molecule has 3 N–H and O–H groups in total. The second-order valence-corrected chi connectivity index (χ2v) is 7.95. The van der Waals surface area contributed by atoms with E-state index in [1.54, 1.807) is 0 Å². The molecule has 1 aliphatic rings. The van der Waals surface area contributed by atoms with Crippen LogP contribution in [0.1, 0.15) is 25.7 Å². The van der Waals surface area contributed by atoms with Gasteiger partial charge in [0.25, 0.3) is 0 Å². The van der Waals surface area contributed by atoms with Gasteiger partial charge in [0, 0.05) is 23.9 Å². The molecule has 2 rings (SSSR count). The van der Waals surface area contributed by atoms with Crippen molar-refractivity contribution < 1.29 is 13.2 Å². The van der Waals surface area contributed by atoms with Crippen LogP contribution in [0.5, 0.6) is 0 Å². The van der Waals surface area contributed by atoms with Crippen LogP contribution in [-0.2, 0) is 14.8 Å². The predicted octanol–water partition coefficient (Wildman–Crippen LogP) is 2.92. The first-order valence-electron chi connectivity index (χ1n) is 6.76. The number of rotatable bonds is 5. The van der Waals surface area contributed by atoms with Gasteiger partial charge in [0.15, 0.2) is 0 Å². The molecule has 1 unspecified atom stereocenters. The normalized spacial score (nSPS) is 19.6. The third kappa shape index (κ3) is 4.56. The van der Waals surface area contributed by atoms with Crippen LogP contribution in [0.25, 0.3) is 0 Å². The van der Waals surface area contributed by atoms with E-state index >= 15 is 0 Å². The van der Waals surface area contributed by atoms with Gasteiger partial charge in [-0.05, 0) is 53.7 Å². The Morgan fingerprint density at radius 1 is 1.43 bits per heavy atom. The molecule has 0 radical (unpaired) electrons. The Balaban J connectivity index is 2.01. The van der Waals surface area contributed by atoms with Crippen molar-refractivity contribution in [2.45, 2.75) is 36.7 Å². The van der Waals surface area contributed by atoms with Crippen molar-refractivity contribution in [1.82, 2.24) is 4.72 Å². The summed E-state index contributed by atoms with van der Waals surface area (Å²) < 4.78 is 33.1. The van der Waals surface area contributed by atoms with Crippen LogP contribution in [0.2, 0.25) is 5.02 Å². The molecule has 1 aromatic carbocycles. The molecule has 0 aromatic heterocycles. The quantitative estimate of drug-likeness (QED) is 0.749. The molecule has 1 saturated heterocycles. The molecule has 1 aromatic rings. The summed E-state index contributed by atoms with van der Waals surface area (Å²) in [5.74, 6) is 0. The van der Waals surface area contributed by atoms with Gasteiger partial charge in [0.05, 0.1) is 15.5 Å². The molecule has 0 saturated carbocycles. The van der Waals surface area contributed by atoms with Gasteiger partial charge in [-0.2, -0.15) is 0 Å². The highest BCUT2D eigenvalue weighted by atomic mass is 79.9. The van der Waals surface area contributed by atoms with Gasteiger partial charge >= 0.3 is 0 Å². The third-order valence-corrected chi connectivity index (χ3v) is 6.20. The standard InChI is InChI=1S/C13H18BrClN2O3S/c14-13-11(16)7-9(15)8-12(13)21(18,19)17-5-4-10-3-1-2-6-20-10/h7-8,10,17H,1-6,16H2. The maximum atomic E-state index is 12.3. The number of ether oxygens (including phenoxy) is 1. The number of hydrogen-bond donors (Lipinski definition) is 2. The smallest absolute Gasteiger partial charge is 0.241 e. The minimum atomic E-state index is -3.65. The van der Waals surface area contributed by atoms with E-state index in [2.05, 4.69) is 20.7 Å². The number of anilines is 1. The van der Waals surface area contributed by atoms with E-state index in [4.69, 9.17) is 22.1 Å². The first kappa shape index (κ1) is 17.0. The molecule has 8 heteroatoms. The second kappa shape index (κ2) is 7.28. The molecule has 0 amide bonds. The lowest BCUT2D eigenvalue weighted by molar-refractivity contribution is 0.0123. The summed E-state index contributed by atoms with van der Waals surface area (Å²) in [7, 11) is -3.65. The summed E-state index contributed by atoms with van der Waals surface area (Å²) in [5, 5.41) is 0.284. The van der Waals surface area contributed by atoms with Gasteiger partial charge in [0.2, 0.25) is 10.0 Å². The third-order valence-electron chi connectivity index (χ3n) is 3.35. The first-order valence-corrected chi connectivity index (χ1v) is 9.41. The van der Waals surface area contributed by atoms with Gasteiger partial charge in [-0.25, -0.2) is 13.1 Å². The van der Waals surface area contributed by atoms with Gasteiger partial charge in [-0.3, -0.25) is 0 Å². The molecule has 0 aliphatic carbocycles. The van der Waals surface area contributed by atoms with Gasteiger partial charge in [-0.15, -0.1) is 0 Å². The number of halogens is 2. The van der Waals surface area contributed by atoms with E-state index < -0.39 is 10.0 Å². The number of nitrogens with two attached hydrogens (primary N) is 1. The predicted molar refractivity (Wildman–Crippen MR) is 87.0 cm³/mol. The topological polar surface area (TPSA) is 81.4 Å². The highest BCUT2D eigenvalue weighted by Crippen LogP contribution is 2.31. The van der Waals surface area contributed by atoms with Gasteiger partial charge < -0.3 is 10.5 Å². The number of nitrogen functional groups attached to an aromatic ring is 1. The monoisotopic (exact) mass is 396 g/mol. The first-order chi connectivity index (χ1) is 9.90. The van der Waals surface area contributed by atoms with Crippen LogP contribution in [0.15, 0.2) is 21.5 Å². The number of hydrogen-bond acceptors (Lipinski definition) is 4. The molecular formula is C13H18BrClN2O3S. The largest absolute Gasteiger partial charge is 0.398 e. The van der Waals surface area contributed by atoms with Crippen molar-refractivity contribution in [3.8, 4) is 0 Å². The summed E-state index contributed by atoms with van der Waals surface area (Å²) in [6, 6.07) is 2.88. The fourth-order valence-electron chi connectivity index (χ4n) is 2.25. The zero-order valence-electron chi connectivity index (χ0n) is 11.4. The average molecular weight is 398 g/mol. The van der Waals surface area contributed by atoms with Crippen molar-refractivity contribution in [3.63, 3.8) is 0 Å². The molecule has 118 valence electrons. The minimum absolute atomic E-state index is 0.0528. The molecule has 1 atom stereocenters. The van der Waals surface area contributed by atoms with Crippen molar-refractivity contribution in [3.05, 3.63) is 21.6 Å². The molecule has 1 fully saturated rings. The van der Waals surface area contributed by atoms with E-state index in [-0.39, 0.29) is 16.0 Å². The van der Waals surface area contributed by atoms with Crippen molar-refractivity contribution >= 4 is 43.2 Å². The Hall–Kier alpha value is -0.340. The zero-order valence-corrected chi connectivity index (χ0v) is 14.6. The second-order valence-electron chi connectivity index (χ2n) is 4.98. The van der Waals surface area contributed by atoms with E-state index in [1.165, 1.54) is 12.1 Å². The molecule has 1 aliphatic heterocycles. The Labute approximate surface area is 138 Å². The summed E-state index contributed by atoms with van der Waals surface area (Å²) in [5.41, 5.74) is 6.01. The van der Waals surface area contributed by atoms with Crippen LogP contribution in [-0.4, -0.2) is 27.7 Å². The van der Waals surface area contributed by atoms with Crippen LogP contribution < -0.4 is 10.5 Å². The summed E-state index contributed by atoms with van der Waals surface area (Å²) >= 11 is 9.06. The molecule has 0 bridgehead atoms. The van der Waals surface area contributed by atoms with Crippen LogP contribution >= 0.6 is 27.5 Å². The Bertz CT molecular complexity index is 604. The van der Waals surface area contributed by atoms with E-state index in [1.807, 2.05) is 0 Å². The lowest BCUT2D eigenvalue weighted by atomic mass is 10.1. The maximum Gasteiger partial charge on any atom is 0.241 e. The van der Waals surface area contributed by atoms with Crippen LogP contribution in [0.4, 0.5) is 5.69 Å². The minimum Gasteiger partial charge on any atom is -0.398 e. The molecule has 21 heavy (non-hydrogen) atoms. The van der Waals surface area contributed by atoms with Crippen LogP contribution in [0.3, 0.4) is 0 Å². The zero-order chi connectivity index (χ0) is 15.5. The summed E-state index contributed by atoms with van der Waals surface area (Å²) in [6.07, 6.45) is 3.99. The summed E-state index contributed by atoms with van der Waals surface area (Å²) in [6.45, 7) is 1.08. The summed E-state index contributed by atoms with van der Waals surface area (Å²) in [4.78, 5) is 0.0528. The Morgan fingerprint density at radius 3 is 2.86 bits per heavy atom. The molecule has 1 heterocycles. The maximum absolute atomic E-state index is 12.3. The molecule has 0 spiro atoms. The van der Waals surface area contributed by atoms with Crippen molar-refractivity contribution in [1.29, 1.82) is 0 Å². The highest BCUT2D eigenvalue weighted by molar-refractivity contribution is 9.10. The number of benzene rings is 1. The lowest BCUT2D eigenvalue weighted by Gasteiger charge is -2.22. The lowest BCUT2D eigenvalue weighted by Crippen LogP contribution is -2.29. The molecular weight excluding hydrogens is 380 g/mol. The van der Waals surface area contributed by atoms with Gasteiger partial charge in [-0.1, -0.05) is 11.6 Å². The molecule has 5 nitrogen and oxygen atoms in total. The van der Waals surface area contributed by atoms with Crippen molar-refractivity contribution in [2.75, 3.05) is 18.9 Å². The SMILES string of the molecule is Nc1cc(Cl)cc(S(=O)(=O)NCCC2CCCCO2)c1Br. The number of sulfonamides is 1. The van der Waals surface area contributed by atoms with E-state index in [9.17, 15) is 8.42 Å². The van der Waals surface area contributed by atoms with Crippen LogP contribution in [0, 0.1) is 0 Å². The Morgan fingerprint density at radius 2 is 2.19 bits per heavy atom. The van der Waals surface area contributed by atoms with E-state index in [0.717, 1.165) is 25.9 Å². The number of nitrogens with one attached hydrogen (secondary N) is 1. The van der Waals surface area contributed by atoms with E-state index in [0.29, 0.717) is 23.1 Å². The fraction of sp³-hybridized carbons (Fsp3) is 0.538. The Kier molecular flexibility index (Phi) is 5.90. The average Bonchev–Trinajstić information content (AvgIpc) is 2.43. The fourth-order valence-corrected chi connectivity index (χ4v) is 4.58. The highest BCUT2D eigenvalue weighted by Gasteiger charge is 2.21. The van der Waals surface area contributed by atoms with Gasteiger partial charge in [0.1, 0.15) is 0 Å².